The minimum atomic E-state index is -0.431. The Labute approximate surface area is 147 Å². The molecule has 0 unspecified atom stereocenters. The largest absolute Gasteiger partial charge is 0.494 e. The van der Waals surface area contributed by atoms with E-state index in [4.69, 9.17) is 4.74 Å². The minimum Gasteiger partial charge on any atom is -0.494 e. The summed E-state index contributed by atoms with van der Waals surface area (Å²) in [5, 5.41) is 0. The lowest BCUT2D eigenvalue weighted by Crippen LogP contribution is -2.39. The molecule has 2 aromatic carbocycles. The molecule has 1 atom stereocenters. The molecule has 0 spiro atoms. The number of rotatable bonds is 6. The van der Waals surface area contributed by atoms with E-state index in [9.17, 15) is 9.59 Å². The normalized spacial score (nSPS) is 17.4. The second kappa shape index (κ2) is 7.49. The van der Waals surface area contributed by atoms with Gasteiger partial charge in [0.2, 0.25) is 5.91 Å². The molecule has 2 amide bonds. The van der Waals surface area contributed by atoms with Crippen LogP contribution in [0.25, 0.3) is 0 Å². The molecule has 0 bridgehead atoms. The van der Waals surface area contributed by atoms with Gasteiger partial charge in [-0.3, -0.25) is 14.5 Å². The first-order chi connectivity index (χ1) is 12.1. The van der Waals surface area contributed by atoms with E-state index >= 15 is 0 Å². The van der Waals surface area contributed by atoms with Gasteiger partial charge in [-0.25, -0.2) is 4.90 Å². The molecule has 1 heterocycles. The summed E-state index contributed by atoms with van der Waals surface area (Å²) in [6.45, 7) is 3.11. The molecule has 5 nitrogen and oxygen atoms in total. The van der Waals surface area contributed by atoms with Crippen molar-refractivity contribution in [2.75, 3.05) is 18.6 Å². The minimum absolute atomic E-state index is 0.168. The summed E-state index contributed by atoms with van der Waals surface area (Å²) in [5.41, 5.74) is 1.71. The van der Waals surface area contributed by atoms with E-state index in [0.29, 0.717) is 18.8 Å². The Morgan fingerprint density at radius 2 is 1.76 bits per heavy atom. The smallest absolute Gasteiger partial charge is 0.251 e. The highest BCUT2D eigenvalue weighted by atomic mass is 16.5. The molecule has 1 aliphatic rings. The number of hydrogen-bond acceptors (Lipinski definition) is 4. The Balaban J connectivity index is 1.73. The second-order valence-corrected chi connectivity index (χ2v) is 6.11. The van der Waals surface area contributed by atoms with Crippen LogP contribution in [0.15, 0.2) is 54.6 Å². The van der Waals surface area contributed by atoms with Crippen LogP contribution in [0.4, 0.5) is 5.69 Å². The SMILES string of the molecule is CCOc1ccc(N2C(=O)C[C@H](N(C)Cc3ccccc3)C2=O)cc1. The van der Waals surface area contributed by atoms with Gasteiger partial charge in [-0.15, -0.1) is 0 Å². The molecule has 1 aliphatic heterocycles. The van der Waals surface area contributed by atoms with Crippen LogP contribution in [0.5, 0.6) is 5.75 Å². The maximum atomic E-state index is 12.8. The summed E-state index contributed by atoms with van der Waals surface area (Å²) in [5.74, 6) is 0.384. The molecular weight excluding hydrogens is 316 g/mol. The van der Waals surface area contributed by atoms with E-state index in [1.807, 2.05) is 49.2 Å². The van der Waals surface area contributed by atoms with Gasteiger partial charge in [0.15, 0.2) is 0 Å². The third kappa shape index (κ3) is 3.72. The Kier molecular flexibility index (Phi) is 5.14. The van der Waals surface area contributed by atoms with Crippen molar-refractivity contribution in [3.8, 4) is 5.75 Å². The van der Waals surface area contributed by atoms with E-state index in [-0.39, 0.29) is 18.2 Å². The summed E-state index contributed by atoms with van der Waals surface area (Å²) in [6, 6.07) is 16.6. The topological polar surface area (TPSA) is 49.9 Å². The van der Waals surface area contributed by atoms with Crippen molar-refractivity contribution in [3.05, 3.63) is 60.2 Å². The molecule has 0 radical (unpaired) electrons. The van der Waals surface area contributed by atoms with Crippen molar-refractivity contribution < 1.29 is 14.3 Å². The van der Waals surface area contributed by atoms with E-state index in [1.54, 1.807) is 24.3 Å². The summed E-state index contributed by atoms with van der Waals surface area (Å²) in [4.78, 5) is 28.4. The summed E-state index contributed by atoms with van der Waals surface area (Å²) in [7, 11) is 1.88. The average Bonchev–Trinajstić information content (AvgIpc) is 2.92. The van der Waals surface area contributed by atoms with Gasteiger partial charge in [-0.2, -0.15) is 0 Å². The van der Waals surface area contributed by atoms with E-state index < -0.39 is 6.04 Å². The zero-order chi connectivity index (χ0) is 17.8. The van der Waals surface area contributed by atoms with Crippen LogP contribution in [0.1, 0.15) is 18.9 Å². The molecule has 25 heavy (non-hydrogen) atoms. The lowest BCUT2D eigenvalue weighted by atomic mass is 10.1. The van der Waals surface area contributed by atoms with Crippen molar-refractivity contribution in [1.29, 1.82) is 0 Å². The van der Waals surface area contributed by atoms with Crippen LogP contribution in [0.2, 0.25) is 0 Å². The van der Waals surface area contributed by atoms with Gasteiger partial charge in [0.05, 0.1) is 24.8 Å². The van der Waals surface area contributed by atoms with Crippen molar-refractivity contribution in [3.63, 3.8) is 0 Å². The number of carbonyl (C=O) groups is 2. The van der Waals surface area contributed by atoms with Crippen molar-refractivity contribution in [2.45, 2.75) is 25.9 Å². The zero-order valence-electron chi connectivity index (χ0n) is 14.5. The van der Waals surface area contributed by atoms with Crippen LogP contribution in [-0.2, 0) is 16.1 Å². The standard InChI is InChI=1S/C20H22N2O3/c1-3-25-17-11-9-16(10-12-17)22-19(23)13-18(20(22)24)21(2)14-15-7-5-4-6-8-15/h4-12,18H,3,13-14H2,1-2H3/t18-/m0/s1. The van der Waals surface area contributed by atoms with Gasteiger partial charge in [0, 0.05) is 6.54 Å². The van der Waals surface area contributed by atoms with Crippen LogP contribution in [0, 0.1) is 0 Å². The molecule has 5 heteroatoms. The third-order valence-electron chi connectivity index (χ3n) is 4.34. The van der Waals surface area contributed by atoms with Gasteiger partial charge in [0.1, 0.15) is 5.75 Å². The van der Waals surface area contributed by atoms with Gasteiger partial charge in [0.25, 0.3) is 5.91 Å². The number of likely N-dealkylation sites (N-methyl/N-ethyl adjacent to an activating group) is 1. The first-order valence-electron chi connectivity index (χ1n) is 8.44. The number of nitrogens with zero attached hydrogens (tertiary/aromatic N) is 2. The lowest BCUT2D eigenvalue weighted by molar-refractivity contribution is -0.122. The fourth-order valence-electron chi connectivity index (χ4n) is 3.07. The first-order valence-corrected chi connectivity index (χ1v) is 8.44. The van der Waals surface area contributed by atoms with Crippen molar-refractivity contribution >= 4 is 17.5 Å². The van der Waals surface area contributed by atoms with Crippen molar-refractivity contribution in [2.24, 2.45) is 0 Å². The highest BCUT2D eigenvalue weighted by Gasteiger charge is 2.41. The van der Waals surface area contributed by atoms with Crippen LogP contribution < -0.4 is 9.64 Å². The highest BCUT2D eigenvalue weighted by Crippen LogP contribution is 2.27. The number of anilines is 1. The summed E-state index contributed by atoms with van der Waals surface area (Å²) < 4.78 is 5.41. The first kappa shape index (κ1) is 17.2. The molecule has 2 aromatic rings. The maximum Gasteiger partial charge on any atom is 0.251 e. The Hall–Kier alpha value is -2.66. The van der Waals surface area contributed by atoms with Gasteiger partial charge in [-0.05, 0) is 43.8 Å². The number of ether oxygens (including phenoxy) is 1. The number of carbonyl (C=O) groups excluding carboxylic acids is 2. The second-order valence-electron chi connectivity index (χ2n) is 6.11. The average molecular weight is 338 g/mol. The van der Waals surface area contributed by atoms with Gasteiger partial charge in [-0.1, -0.05) is 30.3 Å². The van der Waals surface area contributed by atoms with Crippen LogP contribution >= 0.6 is 0 Å². The molecule has 0 aliphatic carbocycles. The number of benzene rings is 2. The van der Waals surface area contributed by atoms with Gasteiger partial charge < -0.3 is 4.74 Å². The zero-order valence-corrected chi connectivity index (χ0v) is 14.5. The summed E-state index contributed by atoms with van der Waals surface area (Å²) >= 11 is 0. The highest BCUT2D eigenvalue weighted by molar-refractivity contribution is 6.22. The quantitative estimate of drug-likeness (QED) is 0.760. The maximum absolute atomic E-state index is 12.8. The molecule has 0 N–H and O–H groups in total. The monoisotopic (exact) mass is 338 g/mol. The number of hydrogen-bond donors (Lipinski definition) is 0. The van der Waals surface area contributed by atoms with Crippen LogP contribution in [-0.4, -0.2) is 36.4 Å². The predicted octanol–water partition coefficient (Wildman–Crippen LogP) is 2.85. The van der Waals surface area contributed by atoms with Gasteiger partial charge >= 0.3 is 0 Å². The predicted molar refractivity (Wildman–Crippen MR) is 96.4 cm³/mol. The number of imide groups is 1. The third-order valence-corrected chi connectivity index (χ3v) is 4.34. The fraction of sp³-hybridized carbons (Fsp3) is 0.300. The van der Waals surface area contributed by atoms with E-state index in [2.05, 4.69) is 0 Å². The summed E-state index contributed by atoms with van der Waals surface area (Å²) in [6.07, 6.45) is 0.204. The Bertz CT molecular complexity index is 743. The van der Waals surface area contributed by atoms with Crippen molar-refractivity contribution in [1.82, 2.24) is 4.90 Å². The molecule has 1 fully saturated rings. The van der Waals surface area contributed by atoms with E-state index in [0.717, 1.165) is 11.3 Å². The lowest BCUT2D eigenvalue weighted by Gasteiger charge is -2.23. The van der Waals surface area contributed by atoms with E-state index in [1.165, 1.54) is 4.90 Å². The fourth-order valence-corrected chi connectivity index (χ4v) is 3.07. The molecule has 0 saturated carbocycles. The van der Waals surface area contributed by atoms with Crippen LogP contribution in [0.3, 0.4) is 0 Å². The Morgan fingerprint density at radius 3 is 2.40 bits per heavy atom. The molecule has 0 aromatic heterocycles. The molecular formula is C20H22N2O3. The number of amides is 2. The molecule has 3 rings (SSSR count). The molecule has 130 valence electrons. The Morgan fingerprint density at radius 1 is 1.08 bits per heavy atom. The molecule has 1 saturated heterocycles.